The third-order valence-corrected chi connectivity index (χ3v) is 6.49. The van der Waals surface area contributed by atoms with Gasteiger partial charge >= 0.3 is 0 Å². The van der Waals surface area contributed by atoms with Crippen LogP contribution in [0, 0.1) is 0 Å². The maximum atomic E-state index is 12.7. The Hall–Kier alpha value is -1.61. The van der Waals surface area contributed by atoms with Gasteiger partial charge in [0.15, 0.2) is 5.11 Å². The average Bonchev–Trinajstić information content (AvgIpc) is 3.13. The predicted molar refractivity (Wildman–Crippen MR) is 99.9 cm³/mol. The van der Waals surface area contributed by atoms with Gasteiger partial charge in [-0.15, -0.1) is 0 Å². The number of hydrogen-bond acceptors (Lipinski definition) is 4. The first-order valence-electron chi connectivity index (χ1n) is 7.78. The smallest absolute Gasteiger partial charge is 0.243 e. The molecule has 25 heavy (non-hydrogen) atoms. The monoisotopic (exact) mass is 399 g/mol. The first-order valence-corrected chi connectivity index (χ1v) is 10.0. The predicted octanol–water partition coefficient (Wildman–Crippen LogP) is 2.31. The van der Waals surface area contributed by atoms with Crippen molar-refractivity contribution >= 4 is 39.0 Å². The van der Waals surface area contributed by atoms with E-state index in [0.717, 1.165) is 5.76 Å². The van der Waals surface area contributed by atoms with Gasteiger partial charge in [0.25, 0.3) is 0 Å². The maximum absolute atomic E-state index is 12.7. The molecule has 134 valence electrons. The van der Waals surface area contributed by atoms with Crippen LogP contribution in [-0.2, 0) is 16.6 Å². The number of rotatable bonds is 4. The van der Waals surface area contributed by atoms with E-state index in [-0.39, 0.29) is 4.90 Å². The van der Waals surface area contributed by atoms with Crippen LogP contribution < -0.4 is 5.32 Å². The molecule has 6 nitrogen and oxygen atoms in total. The molecule has 2 heterocycles. The fourth-order valence-electron chi connectivity index (χ4n) is 2.60. The van der Waals surface area contributed by atoms with Gasteiger partial charge < -0.3 is 14.6 Å². The molecule has 3 rings (SSSR count). The summed E-state index contributed by atoms with van der Waals surface area (Å²) in [6, 6.07) is 10.0. The Balaban J connectivity index is 1.57. The number of thiocarbonyl (C=S) groups is 1. The fourth-order valence-corrected chi connectivity index (χ4v) is 4.57. The molecule has 1 saturated heterocycles. The van der Waals surface area contributed by atoms with Gasteiger partial charge in [-0.25, -0.2) is 8.42 Å². The molecule has 1 fully saturated rings. The number of furan rings is 1. The number of nitrogens with one attached hydrogen (secondary N) is 1. The summed E-state index contributed by atoms with van der Waals surface area (Å²) in [7, 11) is -3.54. The van der Waals surface area contributed by atoms with Crippen LogP contribution in [0.15, 0.2) is 52.0 Å². The van der Waals surface area contributed by atoms with E-state index in [1.165, 1.54) is 10.4 Å². The van der Waals surface area contributed by atoms with Gasteiger partial charge in [-0.1, -0.05) is 17.7 Å². The molecule has 1 aromatic heterocycles. The van der Waals surface area contributed by atoms with Crippen molar-refractivity contribution < 1.29 is 12.8 Å². The lowest BCUT2D eigenvalue weighted by Crippen LogP contribution is -2.52. The van der Waals surface area contributed by atoms with Gasteiger partial charge in [0.2, 0.25) is 10.0 Å². The van der Waals surface area contributed by atoms with E-state index >= 15 is 0 Å². The van der Waals surface area contributed by atoms with Gasteiger partial charge in [0, 0.05) is 31.2 Å². The number of hydrogen-bond donors (Lipinski definition) is 1. The van der Waals surface area contributed by atoms with Crippen LogP contribution >= 0.6 is 23.8 Å². The minimum Gasteiger partial charge on any atom is -0.467 e. The molecule has 0 amide bonds. The molecule has 0 bridgehead atoms. The summed E-state index contributed by atoms with van der Waals surface area (Å²) in [6.45, 7) is 2.31. The molecular formula is C16H18ClN3O3S2. The second kappa shape index (κ2) is 7.74. The van der Waals surface area contributed by atoms with Crippen LogP contribution in [0.5, 0.6) is 0 Å². The first-order chi connectivity index (χ1) is 12.0. The lowest BCUT2D eigenvalue weighted by atomic mass is 10.4. The first kappa shape index (κ1) is 18.2. The second-order valence-corrected chi connectivity index (χ2v) is 8.35. The highest BCUT2D eigenvalue weighted by atomic mass is 35.5. The van der Waals surface area contributed by atoms with Crippen molar-refractivity contribution in [2.24, 2.45) is 0 Å². The number of sulfonamides is 1. The fraction of sp³-hybridized carbons (Fsp3) is 0.312. The third-order valence-electron chi connectivity index (χ3n) is 3.95. The van der Waals surface area contributed by atoms with Crippen LogP contribution in [0.25, 0.3) is 0 Å². The van der Waals surface area contributed by atoms with Crippen LogP contribution in [-0.4, -0.2) is 48.9 Å². The number of piperazine rings is 1. The molecule has 1 aromatic carbocycles. The molecule has 9 heteroatoms. The minimum absolute atomic E-state index is 0.215. The van der Waals surface area contributed by atoms with Crippen molar-refractivity contribution in [1.29, 1.82) is 0 Å². The maximum Gasteiger partial charge on any atom is 0.243 e. The SMILES string of the molecule is O=S(=O)(c1cccc(Cl)c1)N1CCN(C(=S)NCc2ccco2)CC1. The largest absolute Gasteiger partial charge is 0.467 e. The van der Waals surface area contributed by atoms with E-state index in [2.05, 4.69) is 5.32 Å². The van der Waals surface area contributed by atoms with Crippen LogP contribution in [0.3, 0.4) is 0 Å². The molecule has 1 aliphatic heterocycles. The molecule has 1 aliphatic rings. The van der Waals surface area contributed by atoms with E-state index < -0.39 is 10.0 Å². The minimum atomic E-state index is -3.54. The summed E-state index contributed by atoms with van der Waals surface area (Å²) in [5, 5.41) is 4.12. The molecule has 0 radical (unpaired) electrons. The number of halogens is 1. The highest BCUT2D eigenvalue weighted by Gasteiger charge is 2.29. The van der Waals surface area contributed by atoms with Gasteiger partial charge in [0.1, 0.15) is 5.76 Å². The van der Waals surface area contributed by atoms with E-state index in [9.17, 15) is 8.42 Å². The van der Waals surface area contributed by atoms with Gasteiger partial charge in [-0.2, -0.15) is 4.31 Å². The second-order valence-electron chi connectivity index (χ2n) is 5.59. The Labute approximate surface area is 157 Å². The molecule has 0 atom stereocenters. The Bertz CT molecular complexity index is 832. The van der Waals surface area contributed by atoms with Crippen LogP contribution in [0.2, 0.25) is 5.02 Å². The van der Waals surface area contributed by atoms with Gasteiger partial charge in [-0.05, 0) is 42.5 Å². The standard InChI is InChI=1S/C16H18ClN3O3S2/c17-13-3-1-5-15(11-13)25(21,22)20-8-6-19(7-9-20)16(24)18-12-14-4-2-10-23-14/h1-5,10-11H,6-9,12H2,(H,18,24). The van der Waals surface area contributed by atoms with Crippen molar-refractivity contribution in [3.63, 3.8) is 0 Å². The molecule has 0 spiro atoms. The topological polar surface area (TPSA) is 65.8 Å². The van der Waals surface area contributed by atoms with Crippen LogP contribution in [0.1, 0.15) is 5.76 Å². The summed E-state index contributed by atoms with van der Waals surface area (Å²) in [5.74, 6) is 0.796. The van der Waals surface area contributed by atoms with Gasteiger partial charge in [-0.3, -0.25) is 0 Å². The zero-order chi connectivity index (χ0) is 17.9. The lowest BCUT2D eigenvalue weighted by molar-refractivity contribution is 0.263. The quantitative estimate of drug-likeness (QED) is 0.796. The molecule has 0 unspecified atom stereocenters. The molecule has 0 aliphatic carbocycles. The number of nitrogens with zero attached hydrogens (tertiary/aromatic N) is 2. The zero-order valence-electron chi connectivity index (χ0n) is 13.4. The summed E-state index contributed by atoms with van der Waals surface area (Å²) in [5.41, 5.74) is 0. The average molecular weight is 400 g/mol. The normalized spacial score (nSPS) is 16.0. The van der Waals surface area contributed by atoms with Crippen molar-refractivity contribution in [3.05, 3.63) is 53.4 Å². The Morgan fingerprint density at radius 1 is 1.20 bits per heavy atom. The zero-order valence-corrected chi connectivity index (χ0v) is 15.8. The molecule has 1 N–H and O–H groups in total. The van der Waals surface area contributed by atoms with Crippen molar-refractivity contribution in [2.75, 3.05) is 26.2 Å². The molecular weight excluding hydrogens is 382 g/mol. The lowest BCUT2D eigenvalue weighted by Gasteiger charge is -2.35. The summed E-state index contributed by atoms with van der Waals surface area (Å²) < 4.78 is 32.1. The van der Waals surface area contributed by atoms with Gasteiger partial charge in [0.05, 0.1) is 17.7 Å². The highest BCUT2D eigenvalue weighted by Crippen LogP contribution is 2.20. The summed E-state index contributed by atoms with van der Waals surface area (Å²) in [6.07, 6.45) is 1.61. The van der Waals surface area contributed by atoms with E-state index in [0.29, 0.717) is 42.9 Å². The van der Waals surface area contributed by atoms with Crippen LogP contribution in [0.4, 0.5) is 0 Å². The van der Waals surface area contributed by atoms with Crippen molar-refractivity contribution in [3.8, 4) is 0 Å². The number of benzene rings is 1. The summed E-state index contributed by atoms with van der Waals surface area (Å²) >= 11 is 11.3. The highest BCUT2D eigenvalue weighted by molar-refractivity contribution is 7.89. The van der Waals surface area contributed by atoms with E-state index in [1.807, 2.05) is 17.0 Å². The third kappa shape index (κ3) is 4.33. The molecule has 2 aromatic rings. The Kier molecular flexibility index (Phi) is 5.63. The van der Waals surface area contributed by atoms with Crippen molar-refractivity contribution in [2.45, 2.75) is 11.4 Å². The Morgan fingerprint density at radius 3 is 2.60 bits per heavy atom. The Morgan fingerprint density at radius 2 is 1.96 bits per heavy atom. The van der Waals surface area contributed by atoms with E-state index in [4.69, 9.17) is 28.2 Å². The van der Waals surface area contributed by atoms with Crippen molar-refractivity contribution in [1.82, 2.24) is 14.5 Å². The van der Waals surface area contributed by atoms with E-state index in [1.54, 1.807) is 24.5 Å². The summed E-state index contributed by atoms with van der Waals surface area (Å²) in [4.78, 5) is 2.18. The molecule has 0 saturated carbocycles.